The second-order valence-electron chi connectivity index (χ2n) is 6.03. The van der Waals surface area contributed by atoms with Crippen LogP contribution in [0.1, 0.15) is 17.4 Å². The number of hydrogen-bond donors (Lipinski definition) is 1. The van der Waals surface area contributed by atoms with Crippen LogP contribution < -0.4 is 5.32 Å². The lowest BCUT2D eigenvalue weighted by Crippen LogP contribution is -2.48. The van der Waals surface area contributed by atoms with Gasteiger partial charge in [0.1, 0.15) is 5.69 Å². The van der Waals surface area contributed by atoms with E-state index in [9.17, 15) is 13.2 Å². The molecule has 3 rings (SSSR count). The highest BCUT2D eigenvalue weighted by Gasteiger charge is 2.27. The number of likely N-dealkylation sites (N-methyl/N-ethyl adjacent to an activating group) is 1. The summed E-state index contributed by atoms with van der Waals surface area (Å²) in [7, 11) is -3.51. The number of hydrogen-bond acceptors (Lipinski definition) is 5. The van der Waals surface area contributed by atoms with Crippen LogP contribution in [0.4, 0.5) is 5.69 Å². The lowest BCUT2D eigenvalue weighted by molar-refractivity contribution is 0.102. The Morgan fingerprint density at radius 2 is 1.77 bits per heavy atom. The van der Waals surface area contributed by atoms with E-state index in [0.717, 1.165) is 19.6 Å². The molecule has 0 aliphatic carbocycles. The third-order valence-corrected chi connectivity index (χ3v) is 6.34. The van der Waals surface area contributed by atoms with Gasteiger partial charge in [0.15, 0.2) is 0 Å². The predicted molar refractivity (Wildman–Crippen MR) is 99.5 cm³/mol. The van der Waals surface area contributed by atoms with Gasteiger partial charge in [-0.2, -0.15) is 4.31 Å². The van der Waals surface area contributed by atoms with Crippen molar-refractivity contribution < 1.29 is 13.2 Å². The number of nitrogens with zero attached hydrogens (tertiary/aromatic N) is 3. The standard InChI is InChI=1S/C18H22N4O3S/c1-2-21-11-13-22(14-12-21)26(24,25)16-8-6-15(7-9-16)20-18(23)17-5-3-4-10-19-17/h3-10H,2,11-14H2,1H3,(H,20,23). The first-order chi connectivity index (χ1) is 12.5. The number of aromatic nitrogens is 1. The fourth-order valence-electron chi connectivity index (χ4n) is 2.84. The van der Waals surface area contributed by atoms with Gasteiger partial charge in [-0.15, -0.1) is 0 Å². The van der Waals surface area contributed by atoms with Crippen molar-refractivity contribution in [1.82, 2.24) is 14.2 Å². The number of amides is 1. The minimum atomic E-state index is -3.51. The van der Waals surface area contributed by atoms with Crippen molar-refractivity contribution in [3.05, 3.63) is 54.4 Å². The molecule has 1 N–H and O–H groups in total. The third-order valence-electron chi connectivity index (χ3n) is 4.43. The molecule has 0 atom stereocenters. The topological polar surface area (TPSA) is 82.6 Å². The van der Waals surface area contributed by atoms with Gasteiger partial charge in [0.05, 0.1) is 4.90 Å². The summed E-state index contributed by atoms with van der Waals surface area (Å²) < 4.78 is 27.0. The number of carbonyl (C=O) groups excluding carboxylic acids is 1. The van der Waals surface area contributed by atoms with Crippen LogP contribution >= 0.6 is 0 Å². The number of anilines is 1. The van der Waals surface area contributed by atoms with Crippen LogP contribution in [0, 0.1) is 0 Å². The SMILES string of the molecule is CCN1CCN(S(=O)(=O)c2ccc(NC(=O)c3ccccn3)cc2)CC1. The molecule has 1 amide bonds. The van der Waals surface area contributed by atoms with Crippen LogP contribution in [0.5, 0.6) is 0 Å². The minimum Gasteiger partial charge on any atom is -0.321 e. The summed E-state index contributed by atoms with van der Waals surface area (Å²) in [6.45, 7) is 5.48. The Morgan fingerprint density at radius 3 is 2.35 bits per heavy atom. The van der Waals surface area contributed by atoms with Crippen LogP contribution in [-0.4, -0.2) is 61.2 Å². The number of carbonyl (C=O) groups is 1. The lowest BCUT2D eigenvalue weighted by Gasteiger charge is -2.33. The average molecular weight is 374 g/mol. The van der Waals surface area contributed by atoms with E-state index >= 15 is 0 Å². The van der Waals surface area contributed by atoms with Gasteiger partial charge in [-0.3, -0.25) is 9.78 Å². The van der Waals surface area contributed by atoms with Crippen LogP contribution in [-0.2, 0) is 10.0 Å². The monoisotopic (exact) mass is 374 g/mol. The summed E-state index contributed by atoms with van der Waals surface area (Å²) in [5, 5.41) is 2.71. The van der Waals surface area contributed by atoms with E-state index in [4.69, 9.17) is 0 Å². The Hall–Kier alpha value is -2.29. The molecule has 1 fully saturated rings. The first-order valence-electron chi connectivity index (χ1n) is 8.55. The van der Waals surface area contributed by atoms with Gasteiger partial charge in [0, 0.05) is 38.1 Å². The number of piperazine rings is 1. The van der Waals surface area contributed by atoms with E-state index in [1.165, 1.54) is 16.4 Å². The fourth-order valence-corrected chi connectivity index (χ4v) is 4.26. The molecule has 138 valence electrons. The van der Waals surface area contributed by atoms with E-state index in [0.29, 0.717) is 24.5 Å². The molecule has 2 heterocycles. The second kappa shape index (κ2) is 7.94. The van der Waals surface area contributed by atoms with Crippen molar-refractivity contribution >= 4 is 21.6 Å². The lowest BCUT2D eigenvalue weighted by atomic mass is 10.3. The number of pyridine rings is 1. The van der Waals surface area contributed by atoms with Crippen LogP contribution in [0.25, 0.3) is 0 Å². The van der Waals surface area contributed by atoms with E-state index < -0.39 is 10.0 Å². The van der Waals surface area contributed by atoms with E-state index in [-0.39, 0.29) is 10.8 Å². The molecule has 7 nitrogen and oxygen atoms in total. The largest absolute Gasteiger partial charge is 0.321 e. The van der Waals surface area contributed by atoms with E-state index in [1.807, 2.05) is 0 Å². The maximum absolute atomic E-state index is 12.7. The molecule has 1 aromatic carbocycles. The van der Waals surface area contributed by atoms with Gasteiger partial charge < -0.3 is 10.2 Å². The maximum atomic E-state index is 12.7. The molecular weight excluding hydrogens is 352 g/mol. The molecule has 0 saturated carbocycles. The number of nitrogens with one attached hydrogen (secondary N) is 1. The van der Waals surface area contributed by atoms with Crippen molar-refractivity contribution in [3.8, 4) is 0 Å². The maximum Gasteiger partial charge on any atom is 0.274 e. The Morgan fingerprint density at radius 1 is 1.08 bits per heavy atom. The number of benzene rings is 1. The molecule has 0 bridgehead atoms. The van der Waals surface area contributed by atoms with E-state index in [1.54, 1.807) is 36.5 Å². The molecule has 26 heavy (non-hydrogen) atoms. The Bertz CT molecular complexity index is 846. The zero-order valence-electron chi connectivity index (χ0n) is 14.6. The fraction of sp³-hybridized carbons (Fsp3) is 0.333. The van der Waals surface area contributed by atoms with Crippen LogP contribution in [0.15, 0.2) is 53.6 Å². The Balaban J connectivity index is 1.68. The molecule has 2 aromatic rings. The first kappa shape index (κ1) is 18.5. The highest BCUT2D eigenvalue weighted by Crippen LogP contribution is 2.20. The molecule has 0 spiro atoms. The van der Waals surface area contributed by atoms with Crippen LogP contribution in [0.2, 0.25) is 0 Å². The highest BCUT2D eigenvalue weighted by molar-refractivity contribution is 7.89. The molecule has 1 aromatic heterocycles. The predicted octanol–water partition coefficient (Wildman–Crippen LogP) is 1.66. The summed E-state index contributed by atoms with van der Waals surface area (Å²) in [5.74, 6) is -0.336. The van der Waals surface area contributed by atoms with Crippen molar-refractivity contribution in [2.75, 3.05) is 38.0 Å². The average Bonchev–Trinajstić information content (AvgIpc) is 2.69. The van der Waals surface area contributed by atoms with Gasteiger partial charge >= 0.3 is 0 Å². The summed E-state index contributed by atoms with van der Waals surface area (Å²) in [4.78, 5) is 18.5. The van der Waals surface area contributed by atoms with Gasteiger partial charge in [-0.05, 0) is 42.9 Å². The summed E-state index contributed by atoms with van der Waals surface area (Å²) >= 11 is 0. The van der Waals surface area contributed by atoms with Gasteiger partial charge in [-0.25, -0.2) is 8.42 Å². The third kappa shape index (κ3) is 4.09. The molecular formula is C18H22N4O3S. The molecule has 1 aliphatic rings. The van der Waals surface area contributed by atoms with Crippen molar-refractivity contribution in [1.29, 1.82) is 0 Å². The zero-order chi connectivity index (χ0) is 18.6. The Kier molecular flexibility index (Phi) is 5.65. The van der Waals surface area contributed by atoms with Crippen molar-refractivity contribution in [3.63, 3.8) is 0 Å². The molecule has 8 heteroatoms. The second-order valence-corrected chi connectivity index (χ2v) is 7.97. The van der Waals surface area contributed by atoms with E-state index in [2.05, 4.69) is 22.1 Å². The van der Waals surface area contributed by atoms with Gasteiger partial charge in [-0.1, -0.05) is 13.0 Å². The normalized spacial score (nSPS) is 16.3. The van der Waals surface area contributed by atoms with Gasteiger partial charge in [0.2, 0.25) is 10.0 Å². The quantitative estimate of drug-likeness (QED) is 0.861. The van der Waals surface area contributed by atoms with Crippen LogP contribution in [0.3, 0.4) is 0 Å². The summed E-state index contributed by atoms with van der Waals surface area (Å²) in [6.07, 6.45) is 1.54. The highest BCUT2D eigenvalue weighted by atomic mass is 32.2. The zero-order valence-corrected chi connectivity index (χ0v) is 15.4. The molecule has 0 radical (unpaired) electrons. The number of rotatable bonds is 5. The smallest absolute Gasteiger partial charge is 0.274 e. The van der Waals surface area contributed by atoms with Gasteiger partial charge in [0.25, 0.3) is 5.91 Å². The first-order valence-corrected chi connectivity index (χ1v) is 9.99. The summed E-state index contributed by atoms with van der Waals surface area (Å²) in [5.41, 5.74) is 0.827. The molecule has 0 unspecified atom stereocenters. The molecule has 1 aliphatic heterocycles. The Labute approximate surface area is 153 Å². The molecule has 1 saturated heterocycles. The van der Waals surface area contributed by atoms with Crippen molar-refractivity contribution in [2.45, 2.75) is 11.8 Å². The summed E-state index contributed by atoms with van der Waals surface area (Å²) in [6, 6.07) is 11.3. The minimum absolute atomic E-state index is 0.235. The number of sulfonamides is 1. The van der Waals surface area contributed by atoms with Crippen molar-refractivity contribution in [2.24, 2.45) is 0 Å².